The Hall–Kier alpha value is -2.67. The molecule has 3 aromatic rings. The molecule has 7 heteroatoms. The highest BCUT2D eigenvalue weighted by Crippen LogP contribution is 2.32. The summed E-state index contributed by atoms with van der Waals surface area (Å²) in [4.78, 5) is 16.0. The normalized spacial score (nSPS) is 10.5. The molecule has 0 N–H and O–H groups in total. The molecule has 1 aromatic heterocycles. The Morgan fingerprint density at radius 3 is 2.77 bits per heavy atom. The summed E-state index contributed by atoms with van der Waals surface area (Å²) >= 11 is 3.42. The number of benzene rings is 2. The molecule has 0 radical (unpaired) electrons. The zero-order chi connectivity index (χ0) is 18.4. The number of aromatic nitrogens is 2. The van der Waals surface area contributed by atoms with Crippen molar-refractivity contribution in [1.82, 2.24) is 10.1 Å². The first-order valence-electron chi connectivity index (χ1n) is 8.10. The van der Waals surface area contributed by atoms with Crippen LogP contribution in [0.15, 0.2) is 57.5 Å². The van der Waals surface area contributed by atoms with Crippen molar-refractivity contribution >= 4 is 21.9 Å². The summed E-state index contributed by atoms with van der Waals surface area (Å²) in [5, 5.41) is 4.03. The second-order valence-corrected chi connectivity index (χ2v) is 6.33. The van der Waals surface area contributed by atoms with Crippen LogP contribution in [0, 0.1) is 0 Å². The maximum absolute atomic E-state index is 11.5. The fraction of sp³-hybridized carbons (Fsp3) is 0.211. The van der Waals surface area contributed by atoms with E-state index in [1.807, 2.05) is 36.4 Å². The van der Waals surface area contributed by atoms with Gasteiger partial charge >= 0.3 is 5.97 Å². The van der Waals surface area contributed by atoms with Crippen LogP contribution < -0.4 is 4.74 Å². The van der Waals surface area contributed by atoms with E-state index >= 15 is 0 Å². The van der Waals surface area contributed by atoms with E-state index in [2.05, 4.69) is 26.1 Å². The highest BCUT2D eigenvalue weighted by Gasteiger charge is 2.16. The minimum Gasteiger partial charge on any atom is -0.481 e. The third kappa shape index (κ3) is 4.70. The van der Waals surface area contributed by atoms with Crippen molar-refractivity contribution in [2.45, 2.75) is 13.3 Å². The Labute approximate surface area is 159 Å². The molecule has 0 spiro atoms. The summed E-state index contributed by atoms with van der Waals surface area (Å²) in [6.07, 6.45) is 0.567. The monoisotopic (exact) mass is 416 g/mol. The van der Waals surface area contributed by atoms with E-state index in [4.69, 9.17) is 14.0 Å². The first kappa shape index (κ1) is 18.1. The van der Waals surface area contributed by atoms with E-state index in [9.17, 15) is 4.79 Å². The lowest BCUT2D eigenvalue weighted by molar-refractivity contribution is -0.145. The van der Waals surface area contributed by atoms with Gasteiger partial charge in [0.25, 0.3) is 5.89 Å². The van der Waals surface area contributed by atoms with Gasteiger partial charge in [-0.3, -0.25) is 0 Å². The molecule has 0 amide bonds. The topological polar surface area (TPSA) is 74.5 Å². The maximum Gasteiger partial charge on any atom is 0.344 e. The van der Waals surface area contributed by atoms with Crippen LogP contribution in [-0.4, -0.2) is 29.3 Å². The van der Waals surface area contributed by atoms with Crippen molar-refractivity contribution in [1.29, 1.82) is 0 Å². The number of hydrogen-bond acceptors (Lipinski definition) is 6. The van der Waals surface area contributed by atoms with Crippen molar-refractivity contribution in [2.75, 3.05) is 13.2 Å². The summed E-state index contributed by atoms with van der Waals surface area (Å²) in [5.41, 5.74) is 1.70. The molecule has 134 valence electrons. The number of carbonyl (C=O) groups excluding carboxylic acids is 1. The first-order chi connectivity index (χ1) is 12.7. The molecule has 0 aliphatic heterocycles. The third-order valence-electron chi connectivity index (χ3n) is 3.50. The van der Waals surface area contributed by atoms with E-state index in [1.54, 1.807) is 19.1 Å². The number of esters is 1. The van der Waals surface area contributed by atoms with Crippen LogP contribution in [-0.2, 0) is 16.0 Å². The van der Waals surface area contributed by atoms with Crippen molar-refractivity contribution in [3.63, 3.8) is 0 Å². The van der Waals surface area contributed by atoms with Crippen molar-refractivity contribution in [2.24, 2.45) is 0 Å². The molecule has 0 atom stereocenters. The number of carbonyl (C=O) groups is 1. The van der Waals surface area contributed by atoms with Gasteiger partial charge in [-0.15, -0.1) is 0 Å². The van der Waals surface area contributed by atoms with Crippen LogP contribution in [0.3, 0.4) is 0 Å². The average molecular weight is 417 g/mol. The highest BCUT2D eigenvalue weighted by molar-refractivity contribution is 9.10. The van der Waals surface area contributed by atoms with Crippen molar-refractivity contribution in [3.05, 3.63) is 64.4 Å². The Bertz CT molecular complexity index is 880. The van der Waals surface area contributed by atoms with Gasteiger partial charge in [-0.05, 0) is 30.7 Å². The van der Waals surface area contributed by atoms with E-state index in [1.165, 1.54) is 0 Å². The fourth-order valence-corrected chi connectivity index (χ4v) is 2.71. The predicted molar refractivity (Wildman–Crippen MR) is 98.8 cm³/mol. The molecular formula is C19H17BrN2O4. The number of halogens is 1. The number of ether oxygens (including phenoxy) is 2. The van der Waals surface area contributed by atoms with Crippen molar-refractivity contribution in [3.8, 4) is 17.2 Å². The number of nitrogens with zero attached hydrogens (tertiary/aromatic N) is 2. The van der Waals surface area contributed by atoms with Gasteiger partial charge in [-0.2, -0.15) is 4.98 Å². The molecule has 0 aliphatic rings. The van der Waals surface area contributed by atoms with E-state index in [0.717, 1.165) is 10.0 Å². The van der Waals surface area contributed by atoms with E-state index in [0.29, 0.717) is 36.1 Å². The first-order valence-corrected chi connectivity index (χ1v) is 8.90. The van der Waals surface area contributed by atoms with E-state index in [-0.39, 0.29) is 6.61 Å². The molecule has 0 unspecified atom stereocenters. The number of rotatable bonds is 7. The Balaban J connectivity index is 1.80. The van der Waals surface area contributed by atoms with Crippen molar-refractivity contribution < 1.29 is 18.8 Å². The minimum atomic E-state index is -0.434. The van der Waals surface area contributed by atoms with Gasteiger partial charge in [-0.25, -0.2) is 4.79 Å². The molecule has 1 heterocycles. The molecule has 0 fully saturated rings. The lowest BCUT2D eigenvalue weighted by Crippen LogP contribution is -2.14. The average Bonchev–Trinajstić information content (AvgIpc) is 3.10. The molecule has 6 nitrogen and oxygen atoms in total. The van der Waals surface area contributed by atoms with Gasteiger partial charge in [0.2, 0.25) is 0 Å². The molecule has 0 saturated heterocycles. The Kier molecular flexibility index (Phi) is 6.01. The van der Waals surface area contributed by atoms with Crippen LogP contribution in [0.5, 0.6) is 5.75 Å². The molecule has 26 heavy (non-hydrogen) atoms. The summed E-state index contributed by atoms with van der Waals surface area (Å²) in [5.74, 6) is 0.937. The van der Waals surface area contributed by atoms with Gasteiger partial charge < -0.3 is 14.0 Å². The maximum atomic E-state index is 11.5. The predicted octanol–water partition coefficient (Wildman–Crippen LogP) is 4.03. The van der Waals surface area contributed by atoms with Gasteiger partial charge in [0.1, 0.15) is 5.75 Å². The molecular weight excluding hydrogens is 400 g/mol. The SMILES string of the molecule is CCOC(=O)COc1ccc(Br)cc1-c1nc(Cc2ccccc2)no1. The summed E-state index contributed by atoms with van der Waals surface area (Å²) in [6, 6.07) is 15.2. The summed E-state index contributed by atoms with van der Waals surface area (Å²) < 4.78 is 16.7. The van der Waals surface area contributed by atoms with Gasteiger partial charge in [-0.1, -0.05) is 51.4 Å². The van der Waals surface area contributed by atoms with Crippen LogP contribution in [0.2, 0.25) is 0 Å². The van der Waals surface area contributed by atoms with Gasteiger partial charge in [0, 0.05) is 10.9 Å². The minimum absolute atomic E-state index is 0.187. The third-order valence-corrected chi connectivity index (χ3v) is 3.99. The smallest absolute Gasteiger partial charge is 0.344 e. The Morgan fingerprint density at radius 2 is 2.00 bits per heavy atom. The van der Waals surface area contributed by atoms with Crippen LogP contribution in [0.25, 0.3) is 11.5 Å². The second-order valence-electron chi connectivity index (χ2n) is 5.41. The van der Waals surface area contributed by atoms with Crippen LogP contribution in [0.1, 0.15) is 18.3 Å². The largest absolute Gasteiger partial charge is 0.481 e. The molecule has 0 aliphatic carbocycles. The van der Waals surface area contributed by atoms with Gasteiger partial charge in [0.15, 0.2) is 12.4 Å². The Morgan fingerprint density at radius 1 is 1.19 bits per heavy atom. The second kappa shape index (κ2) is 8.62. The zero-order valence-electron chi connectivity index (χ0n) is 14.1. The standard InChI is InChI=1S/C19H17BrN2O4/c1-2-24-18(23)12-25-16-9-8-14(20)11-15(16)19-21-17(22-26-19)10-13-6-4-3-5-7-13/h3-9,11H,2,10,12H2,1H3. The lowest BCUT2D eigenvalue weighted by Gasteiger charge is -2.09. The molecule has 3 rings (SSSR count). The summed E-state index contributed by atoms with van der Waals surface area (Å²) in [6.45, 7) is 1.87. The fourth-order valence-electron chi connectivity index (χ4n) is 2.35. The van der Waals surface area contributed by atoms with Crippen LogP contribution in [0.4, 0.5) is 0 Å². The van der Waals surface area contributed by atoms with Gasteiger partial charge in [0.05, 0.1) is 12.2 Å². The summed E-state index contributed by atoms with van der Waals surface area (Å²) in [7, 11) is 0. The van der Waals surface area contributed by atoms with E-state index < -0.39 is 5.97 Å². The quantitative estimate of drug-likeness (QED) is 0.541. The lowest BCUT2D eigenvalue weighted by atomic mass is 10.1. The zero-order valence-corrected chi connectivity index (χ0v) is 15.7. The molecule has 0 saturated carbocycles. The molecule has 2 aromatic carbocycles. The number of hydrogen-bond donors (Lipinski definition) is 0. The van der Waals surface area contributed by atoms with Crippen LogP contribution >= 0.6 is 15.9 Å². The molecule has 0 bridgehead atoms. The highest BCUT2D eigenvalue weighted by atomic mass is 79.9.